The fraction of sp³-hybridized carbons (Fsp3) is 0.440. The van der Waals surface area contributed by atoms with Gasteiger partial charge in [-0.15, -0.1) is 0 Å². The molecule has 2 fully saturated rings. The van der Waals surface area contributed by atoms with Gasteiger partial charge in [-0.25, -0.2) is 4.68 Å². The van der Waals surface area contributed by atoms with Crippen molar-refractivity contribution < 1.29 is 9.53 Å². The lowest BCUT2D eigenvalue weighted by Crippen LogP contribution is -2.47. The molecule has 0 aliphatic carbocycles. The highest BCUT2D eigenvalue weighted by molar-refractivity contribution is 7.71. The average Bonchev–Trinajstić information content (AvgIpc) is 3.20. The minimum Gasteiger partial charge on any atom is -0.378 e. The van der Waals surface area contributed by atoms with E-state index in [1.807, 2.05) is 46.1 Å². The summed E-state index contributed by atoms with van der Waals surface area (Å²) in [5, 5.41) is 4.90. The molecule has 4 heterocycles. The minimum absolute atomic E-state index is 0.101. The predicted molar refractivity (Wildman–Crippen MR) is 132 cm³/mol. The number of rotatable bonds is 6. The third-order valence-electron chi connectivity index (χ3n) is 6.62. The maximum absolute atomic E-state index is 12.9. The second-order valence-electron chi connectivity index (χ2n) is 8.89. The number of amides is 1. The van der Waals surface area contributed by atoms with Crippen LogP contribution in [0.3, 0.4) is 0 Å². The number of hydrogen-bond acceptors (Lipinski definition) is 6. The lowest BCUT2D eigenvalue weighted by atomic mass is 9.95. The molecule has 3 aromatic rings. The highest BCUT2D eigenvalue weighted by Gasteiger charge is 2.29. The Hall–Kier alpha value is -2.88. The quantitative estimate of drug-likeness (QED) is 0.508. The molecule has 9 heteroatoms. The Kier molecular flexibility index (Phi) is 7.13. The zero-order valence-corrected chi connectivity index (χ0v) is 20.1. The maximum atomic E-state index is 12.9. The van der Waals surface area contributed by atoms with Crippen LogP contribution >= 0.6 is 12.2 Å². The SMILES string of the molecule is O=C(C1CCN(Cn2nc(-c3cccnc3)n(Cc3ccccc3)c2=S)CC1)N1CCOCC1. The maximum Gasteiger partial charge on any atom is 0.225 e. The van der Waals surface area contributed by atoms with Crippen molar-refractivity contribution in [2.45, 2.75) is 26.1 Å². The predicted octanol–water partition coefficient (Wildman–Crippen LogP) is 3.05. The van der Waals surface area contributed by atoms with Crippen LogP contribution in [0.15, 0.2) is 54.9 Å². The summed E-state index contributed by atoms with van der Waals surface area (Å²) in [4.78, 5) is 21.4. The molecule has 0 unspecified atom stereocenters. The van der Waals surface area contributed by atoms with E-state index in [4.69, 9.17) is 22.1 Å². The molecule has 0 saturated carbocycles. The number of ether oxygens (including phenoxy) is 1. The molecule has 1 aromatic carbocycles. The first-order valence-corrected chi connectivity index (χ1v) is 12.3. The first kappa shape index (κ1) is 22.9. The standard InChI is InChI=1S/C25H30N6O2S/c32-24(29-13-15-33-16-14-29)21-8-11-28(12-9-21)19-31-25(34)30(18-20-5-2-1-3-6-20)23(27-31)22-7-4-10-26-17-22/h1-7,10,17,21H,8-9,11-16,18-19H2. The van der Waals surface area contributed by atoms with E-state index in [9.17, 15) is 4.79 Å². The van der Waals surface area contributed by atoms with Crippen molar-refractivity contribution in [2.24, 2.45) is 5.92 Å². The summed E-state index contributed by atoms with van der Waals surface area (Å²) in [6, 6.07) is 14.2. The van der Waals surface area contributed by atoms with Gasteiger partial charge in [0.2, 0.25) is 5.91 Å². The molecule has 0 N–H and O–H groups in total. The van der Waals surface area contributed by atoms with Gasteiger partial charge in [-0.3, -0.25) is 19.2 Å². The number of piperidine rings is 1. The summed E-state index contributed by atoms with van der Waals surface area (Å²) < 4.78 is 10.1. The van der Waals surface area contributed by atoms with Crippen LogP contribution in [0, 0.1) is 10.7 Å². The van der Waals surface area contributed by atoms with Crippen LogP contribution in [0.1, 0.15) is 18.4 Å². The number of likely N-dealkylation sites (tertiary alicyclic amines) is 1. The van der Waals surface area contributed by atoms with Crippen molar-refractivity contribution in [1.82, 2.24) is 29.1 Å². The van der Waals surface area contributed by atoms with Gasteiger partial charge in [0.15, 0.2) is 10.6 Å². The van der Waals surface area contributed by atoms with Gasteiger partial charge >= 0.3 is 0 Å². The molecule has 0 atom stereocenters. The van der Waals surface area contributed by atoms with Crippen molar-refractivity contribution in [3.63, 3.8) is 0 Å². The van der Waals surface area contributed by atoms with E-state index in [0.29, 0.717) is 44.3 Å². The number of hydrogen-bond donors (Lipinski definition) is 0. The highest BCUT2D eigenvalue weighted by atomic mass is 32.1. The summed E-state index contributed by atoms with van der Waals surface area (Å²) in [5.74, 6) is 1.20. The summed E-state index contributed by atoms with van der Waals surface area (Å²) in [6.07, 6.45) is 5.32. The van der Waals surface area contributed by atoms with E-state index in [-0.39, 0.29) is 11.8 Å². The largest absolute Gasteiger partial charge is 0.378 e. The van der Waals surface area contributed by atoms with E-state index in [1.165, 1.54) is 5.56 Å². The fourth-order valence-corrected chi connectivity index (χ4v) is 4.95. The Morgan fingerprint density at radius 1 is 1.03 bits per heavy atom. The number of carbonyl (C=O) groups is 1. The van der Waals surface area contributed by atoms with Crippen LogP contribution in [-0.2, 0) is 22.7 Å². The van der Waals surface area contributed by atoms with Gasteiger partial charge in [0, 0.05) is 50.1 Å². The Labute approximate surface area is 204 Å². The Bertz CT molecular complexity index is 1150. The topological polar surface area (TPSA) is 68.4 Å². The van der Waals surface area contributed by atoms with Gasteiger partial charge in [-0.05, 0) is 42.8 Å². The average molecular weight is 479 g/mol. The Morgan fingerprint density at radius 3 is 2.50 bits per heavy atom. The first-order valence-electron chi connectivity index (χ1n) is 11.9. The molecule has 0 bridgehead atoms. The molecule has 0 spiro atoms. The van der Waals surface area contributed by atoms with E-state index < -0.39 is 0 Å². The van der Waals surface area contributed by atoms with Gasteiger partial charge < -0.3 is 9.64 Å². The van der Waals surface area contributed by atoms with Crippen molar-refractivity contribution in [1.29, 1.82) is 0 Å². The van der Waals surface area contributed by atoms with Crippen LogP contribution < -0.4 is 0 Å². The smallest absolute Gasteiger partial charge is 0.225 e. The minimum atomic E-state index is 0.101. The van der Waals surface area contributed by atoms with Crippen LogP contribution in [0.25, 0.3) is 11.4 Å². The van der Waals surface area contributed by atoms with Crippen molar-refractivity contribution in [2.75, 3.05) is 39.4 Å². The van der Waals surface area contributed by atoms with Crippen molar-refractivity contribution in [3.05, 3.63) is 65.2 Å². The van der Waals surface area contributed by atoms with Gasteiger partial charge in [0.1, 0.15) is 0 Å². The molecule has 1 amide bonds. The van der Waals surface area contributed by atoms with Crippen molar-refractivity contribution >= 4 is 18.1 Å². The Morgan fingerprint density at radius 2 is 1.79 bits per heavy atom. The number of aromatic nitrogens is 4. The number of morpholine rings is 1. The molecule has 0 radical (unpaired) electrons. The monoisotopic (exact) mass is 478 g/mol. The van der Waals surface area contributed by atoms with E-state index >= 15 is 0 Å². The van der Waals surface area contributed by atoms with Crippen molar-refractivity contribution in [3.8, 4) is 11.4 Å². The lowest BCUT2D eigenvalue weighted by molar-refractivity contribution is -0.141. The summed E-state index contributed by atoms with van der Waals surface area (Å²) in [5.41, 5.74) is 2.11. The molecule has 5 rings (SSSR count). The molecule has 2 saturated heterocycles. The number of pyridine rings is 1. The molecule has 8 nitrogen and oxygen atoms in total. The van der Waals surface area contributed by atoms with E-state index in [1.54, 1.807) is 6.20 Å². The van der Waals surface area contributed by atoms with Crippen LogP contribution in [0.2, 0.25) is 0 Å². The van der Waals surface area contributed by atoms with Gasteiger partial charge in [-0.2, -0.15) is 5.10 Å². The van der Waals surface area contributed by atoms with Crippen LogP contribution in [0.4, 0.5) is 0 Å². The zero-order chi connectivity index (χ0) is 23.3. The molecule has 2 aliphatic heterocycles. The summed E-state index contributed by atoms with van der Waals surface area (Å²) >= 11 is 5.87. The normalized spacial score (nSPS) is 17.7. The zero-order valence-electron chi connectivity index (χ0n) is 19.3. The highest BCUT2D eigenvalue weighted by Crippen LogP contribution is 2.23. The number of carbonyl (C=O) groups excluding carboxylic acids is 1. The molecular formula is C25H30N6O2S. The second-order valence-corrected chi connectivity index (χ2v) is 9.26. The number of benzene rings is 1. The summed E-state index contributed by atoms with van der Waals surface area (Å²) in [7, 11) is 0. The lowest BCUT2D eigenvalue weighted by Gasteiger charge is -2.35. The molecule has 178 valence electrons. The van der Waals surface area contributed by atoms with Crippen LogP contribution in [-0.4, -0.2) is 74.4 Å². The first-order chi connectivity index (χ1) is 16.7. The van der Waals surface area contributed by atoms with Gasteiger partial charge in [-0.1, -0.05) is 30.3 Å². The van der Waals surface area contributed by atoms with Crippen LogP contribution in [0.5, 0.6) is 0 Å². The Balaban J connectivity index is 1.30. The van der Waals surface area contributed by atoms with Gasteiger partial charge in [0.05, 0.1) is 26.4 Å². The number of nitrogens with zero attached hydrogens (tertiary/aromatic N) is 6. The molecule has 2 aromatic heterocycles. The van der Waals surface area contributed by atoms with Gasteiger partial charge in [0.25, 0.3) is 0 Å². The van der Waals surface area contributed by atoms with E-state index in [0.717, 1.165) is 37.3 Å². The third kappa shape index (κ3) is 5.11. The molecular weight excluding hydrogens is 448 g/mol. The third-order valence-corrected chi connectivity index (χ3v) is 7.05. The summed E-state index contributed by atoms with van der Waals surface area (Å²) in [6.45, 7) is 5.70. The second kappa shape index (κ2) is 10.6. The molecule has 34 heavy (non-hydrogen) atoms. The van der Waals surface area contributed by atoms with E-state index in [2.05, 4.69) is 26.6 Å². The fourth-order valence-electron chi connectivity index (χ4n) is 4.70. The molecule has 2 aliphatic rings.